The molecule has 3 aromatic rings. The topological polar surface area (TPSA) is 73.8 Å². The maximum absolute atomic E-state index is 13.0. The van der Waals surface area contributed by atoms with E-state index in [1.54, 1.807) is 6.08 Å². The Morgan fingerprint density at radius 1 is 1.03 bits per heavy atom. The molecule has 0 saturated heterocycles. The van der Waals surface area contributed by atoms with Crippen molar-refractivity contribution in [2.75, 3.05) is 0 Å². The molecule has 0 fully saturated rings. The number of rotatable bonds is 9. The predicted octanol–water partition coefficient (Wildman–Crippen LogP) is 6.98. The Labute approximate surface area is 216 Å². The fourth-order valence-electron chi connectivity index (χ4n) is 4.66. The largest absolute Gasteiger partial charge is 0.342 e. The van der Waals surface area contributed by atoms with Crippen LogP contribution in [0.2, 0.25) is 0 Å². The lowest BCUT2D eigenvalue weighted by molar-refractivity contribution is -0.114. The van der Waals surface area contributed by atoms with Crippen molar-refractivity contribution in [3.8, 4) is 0 Å². The molecule has 1 amide bonds. The van der Waals surface area contributed by atoms with Crippen molar-refractivity contribution in [2.45, 2.75) is 58.9 Å². The molecule has 2 aromatic carbocycles. The number of aryl methyl sites for hydroxylation is 1. The second-order valence-corrected chi connectivity index (χ2v) is 10.4. The summed E-state index contributed by atoms with van der Waals surface area (Å²) in [4.78, 5) is 17.3. The van der Waals surface area contributed by atoms with E-state index in [1.807, 2.05) is 12.1 Å². The molecule has 0 saturated carbocycles. The number of thioether (sulfide) groups is 1. The number of aromatic nitrogens is 1. The summed E-state index contributed by atoms with van der Waals surface area (Å²) in [5, 5.41) is 17.4. The number of fused-ring (bicyclic) bond motifs is 2. The highest BCUT2D eigenvalue weighted by Gasteiger charge is 2.35. The van der Waals surface area contributed by atoms with Gasteiger partial charge < -0.3 is 4.57 Å². The van der Waals surface area contributed by atoms with Crippen LogP contribution in [0.4, 0.5) is 0 Å². The SMILES string of the molecule is CCCCCCCC1=NN2C(=N)/C(=C/c3cn(Cc4ccccc4C)c4ccccc34)C(=O)N=C2S1. The number of carbonyl (C=O) groups is 1. The van der Waals surface area contributed by atoms with Crippen molar-refractivity contribution >= 4 is 50.7 Å². The van der Waals surface area contributed by atoms with Crippen molar-refractivity contribution in [1.82, 2.24) is 9.58 Å². The van der Waals surface area contributed by atoms with E-state index in [0.717, 1.165) is 40.9 Å². The van der Waals surface area contributed by atoms with Crippen LogP contribution in [-0.2, 0) is 11.3 Å². The van der Waals surface area contributed by atoms with E-state index < -0.39 is 0 Å². The number of para-hydroxylation sites is 1. The van der Waals surface area contributed by atoms with Gasteiger partial charge in [0, 0.05) is 29.2 Å². The molecule has 7 heteroatoms. The number of amides is 1. The molecule has 1 aromatic heterocycles. The van der Waals surface area contributed by atoms with Crippen LogP contribution in [0.5, 0.6) is 0 Å². The number of benzene rings is 2. The lowest BCUT2D eigenvalue weighted by Gasteiger charge is -2.20. The second-order valence-electron chi connectivity index (χ2n) is 9.33. The normalized spacial score (nSPS) is 16.6. The van der Waals surface area contributed by atoms with Gasteiger partial charge in [0.15, 0.2) is 5.84 Å². The minimum absolute atomic E-state index is 0.0919. The molecule has 1 N–H and O–H groups in total. The average molecular weight is 498 g/mol. The molecular weight excluding hydrogens is 466 g/mol. The Hall–Kier alpha value is -3.45. The molecule has 0 unspecified atom stereocenters. The van der Waals surface area contributed by atoms with Gasteiger partial charge in [-0.2, -0.15) is 15.1 Å². The molecule has 2 aliphatic heterocycles. The second kappa shape index (κ2) is 10.7. The summed E-state index contributed by atoms with van der Waals surface area (Å²) in [5.74, 6) is -0.289. The Morgan fingerprint density at radius 3 is 2.64 bits per heavy atom. The molecule has 184 valence electrons. The number of aliphatic imine (C=N–C) groups is 1. The van der Waals surface area contributed by atoms with Gasteiger partial charge in [0.25, 0.3) is 5.91 Å². The minimum atomic E-state index is -0.381. The van der Waals surface area contributed by atoms with E-state index >= 15 is 0 Å². The van der Waals surface area contributed by atoms with Gasteiger partial charge in [-0.05, 0) is 54.8 Å². The number of amidine groups is 2. The van der Waals surface area contributed by atoms with Crippen LogP contribution in [0.25, 0.3) is 17.0 Å². The van der Waals surface area contributed by atoms with Crippen LogP contribution in [-0.4, -0.2) is 31.5 Å². The maximum Gasteiger partial charge on any atom is 0.283 e. The van der Waals surface area contributed by atoms with Gasteiger partial charge in [-0.15, -0.1) is 0 Å². The fraction of sp³-hybridized carbons (Fsp3) is 0.310. The molecule has 5 rings (SSSR count). The lowest BCUT2D eigenvalue weighted by atomic mass is 10.1. The van der Waals surface area contributed by atoms with Crippen molar-refractivity contribution in [2.24, 2.45) is 10.1 Å². The van der Waals surface area contributed by atoms with E-state index in [2.05, 4.69) is 71.1 Å². The first-order valence-corrected chi connectivity index (χ1v) is 13.5. The Bertz CT molecular complexity index is 1410. The van der Waals surface area contributed by atoms with Gasteiger partial charge in [0.2, 0.25) is 5.17 Å². The van der Waals surface area contributed by atoms with Gasteiger partial charge in [-0.1, -0.05) is 75.1 Å². The molecule has 0 atom stereocenters. The van der Waals surface area contributed by atoms with E-state index in [4.69, 9.17) is 5.41 Å². The molecular formula is C29H31N5OS. The number of carbonyl (C=O) groups excluding carboxylic acids is 1. The number of hydrazone groups is 1. The lowest BCUT2D eigenvalue weighted by Crippen LogP contribution is -2.35. The maximum atomic E-state index is 13.0. The first-order chi connectivity index (χ1) is 17.5. The van der Waals surface area contributed by atoms with E-state index in [9.17, 15) is 4.79 Å². The van der Waals surface area contributed by atoms with Crippen LogP contribution in [0.1, 0.15) is 62.1 Å². The third-order valence-corrected chi connectivity index (χ3v) is 7.68. The van der Waals surface area contributed by atoms with Crippen LogP contribution in [0, 0.1) is 12.3 Å². The molecule has 36 heavy (non-hydrogen) atoms. The minimum Gasteiger partial charge on any atom is -0.342 e. The first kappa shape index (κ1) is 24.3. The number of unbranched alkanes of at least 4 members (excludes halogenated alkanes) is 4. The average Bonchev–Trinajstić information content (AvgIpc) is 3.44. The van der Waals surface area contributed by atoms with Crippen LogP contribution < -0.4 is 0 Å². The summed E-state index contributed by atoms with van der Waals surface area (Å²) in [7, 11) is 0. The first-order valence-electron chi connectivity index (χ1n) is 12.7. The molecule has 0 radical (unpaired) electrons. The summed E-state index contributed by atoms with van der Waals surface area (Å²) in [6, 6.07) is 16.5. The number of hydrogen-bond acceptors (Lipinski definition) is 4. The molecule has 0 spiro atoms. The summed E-state index contributed by atoms with van der Waals surface area (Å²) in [6.45, 7) is 5.07. The van der Waals surface area contributed by atoms with Crippen LogP contribution >= 0.6 is 11.8 Å². The van der Waals surface area contributed by atoms with Gasteiger partial charge in [-0.3, -0.25) is 10.2 Å². The zero-order chi connectivity index (χ0) is 25.1. The Kier molecular flexibility index (Phi) is 7.18. The van der Waals surface area contributed by atoms with Gasteiger partial charge in [-0.25, -0.2) is 0 Å². The van der Waals surface area contributed by atoms with Gasteiger partial charge in [0.05, 0.1) is 5.57 Å². The molecule has 0 bridgehead atoms. The van der Waals surface area contributed by atoms with E-state index in [-0.39, 0.29) is 17.3 Å². The fourth-order valence-corrected chi connectivity index (χ4v) is 5.59. The number of hydrogen-bond donors (Lipinski definition) is 1. The summed E-state index contributed by atoms with van der Waals surface area (Å²) in [5.41, 5.74) is 4.75. The summed E-state index contributed by atoms with van der Waals surface area (Å²) < 4.78 is 2.20. The standard InChI is InChI=1S/C29H31N5OS/c1-3-4-5-6-7-16-26-32-34-27(30)24(28(35)31-29(34)36-26)17-22-19-33(25-15-11-10-14-23(22)25)18-21-13-9-8-12-20(21)2/h8-15,17,19,30H,3-7,16,18H2,1-2H3/b24-17-,30-27?. The van der Waals surface area contributed by atoms with Gasteiger partial charge >= 0.3 is 0 Å². The van der Waals surface area contributed by atoms with Gasteiger partial charge in [0.1, 0.15) is 5.04 Å². The Balaban J connectivity index is 1.41. The summed E-state index contributed by atoms with van der Waals surface area (Å²) in [6.07, 6.45) is 10.7. The molecule has 2 aliphatic rings. The third kappa shape index (κ3) is 4.93. The van der Waals surface area contributed by atoms with Crippen molar-refractivity contribution in [3.05, 3.63) is 77.0 Å². The van der Waals surface area contributed by atoms with Crippen molar-refractivity contribution in [1.29, 1.82) is 5.41 Å². The molecule has 6 nitrogen and oxygen atoms in total. The zero-order valence-corrected chi connectivity index (χ0v) is 21.6. The van der Waals surface area contributed by atoms with Crippen molar-refractivity contribution < 1.29 is 4.79 Å². The molecule has 3 heterocycles. The zero-order valence-electron chi connectivity index (χ0n) is 20.8. The van der Waals surface area contributed by atoms with E-state index in [1.165, 1.54) is 53.6 Å². The Morgan fingerprint density at radius 2 is 1.81 bits per heavy atom. The highest BCUT2D eigenvalue weighted by molar-refractivity contribution is 8.26. The monoisotopic (exact) mass is 497 g/mol. The third-order valence-electron chi connectivity index (χ3n) is 6.71. The molecule has 0 aliphatic carbocycles. The quantitative estimate of drug-likeness (QED) is 0.256. The number of nitrogens with zero attached hydrogens (tertiary/aromatic N) is 4. The van der Waals surface area contributed by atoms with E-state index in [0.29, 0.717) is 5.17 Å². The highest BCUT2D eigenvalue weighted by Crippen LogP contribution is 2.32. The number of nitrogens with one attached hydrogen (secondary N) is 1. The van der Waals surface area contributed by atoms with Crippen molar-refractivity contribution in [3.63, 3.8) is 0 Å². The predicted molar refractivity (Wildman–Crippen MR) is 151 cm³/mol. The smallest absolute Gasteiger partial charge is 0.283 e. The highest BCUT2D eigenvalue weighted by atomic mass is 32.2. The van der Waals surface area contributed by atoms with Crippen LogP contribution in [0.3, 0.4) is 0 Å². The summed E-state index contributed by atoms with van der Waals surface area (Å²) >= 11 is 1.42. The van der Waals surface area contributed by atoms with Crippen LogP contribution in [0.15, 0.2) is 70.4 Å².